The number of fused-ring (bicyclic) bond motifs is 1. The molecule has 0 unspecified atom stereocenters. The maximum Gasteiger partial charge on any atom is 0.421 e. The van der Waals surface area contributed by atoms with Crippen molar-refractivity contribution in [2.45, 2.75) is 25.4 Å². The maximum atomic E-state index is 13.4. The molecule has 1 aliphatic heterocycles. The van der Waals surface area contributed by atoms with Crippen molar-refractivity contribution in [1.29, 1.82) is 0 Å². The van der Waals surface area contributed by atoms with Gasteiger partial charge in [0.15, 0.2) is 0 Å². The number of carboxylic acid groups (broad SMARTS) is 1. The summed E-state index contributed by atoms with van der Waals surface area (Å²) in [6.07, 6.45) is 1.46. The number of para-hydroxylation sites is 2. The van der Waals surface area contributed by atoms with Crippen LogP contribution < -0.4 is 15.4 Å². The molecule has 5 rings (SSSR count). The van der Waals surface area contributed by atoms with E-state index >= 15 is 0 Å². The van der Waals surface area contributed by atoms with E-state index in [1.165, 1.54) is 18.3 Å². The second kappa shape index (κ2) is 9.21. The van der Waals surface area contributed by atoms with Crippen LogP contribution in [0, 0.1) is 5.82 Å². The summed E-state index contributed by atoms with van der Waals surface area (Å²) in [5, 5.41) is 9.48. The molecule has 0 aliphatic carbocycles. The average molecular weight is 477 g/mol. The first-order valence-electron chi connectivity index (χ1n) is 11.4. The van der Waals surface area contributed by atoms with Crippen molar-refractivity contribution in [1.82, 2.24) is 19.1 Å². The molecule has 3 heterocycles. The zero-order chi connectivity index (χ0) is 24.5. The summed E-state index contributed by atoms with van der Waals surface area (Å²) in [5.74, 6) is 0.695. The second-order valence-corrected chi connectivity index (χ2v) is 8.64. The van der Waals surface area contributed by atoms with Crippen molar-refractivity contribution in [2.75, 3.05) is 29.9 Å². The summed E-state index contributed by atoms with van der Waals surface area (Å²) >= 11 is 0. The van der Waals surface area contributed by atoms with Gasteiger partial charge in [0.2, 0.25) is 11.9 Å². The molecule has 1 fully saturated rings. The van der Waals surface area contributed by atoms with Crippen molar-refractivity contribution in [2.24, 2.45) is 0 Å². The molecule has 2 aromatic heterocycles. The van der Waals surface area contributed by atoms with E-state index in [4.69, 9.17) is 4.98 Å². The SMILES string of the molecule is CN(c1nccc(=O)n1C(=O)O)C1CCN(c2nc3ccccc3n2Cc2ccc(F)cc2)CC1. The summed E-state index contributed by atoms with van der Waals surface area (Å²) in [7, 11) is 1.77. The maximum absolute atomic E-state index is 13.4. The largest absolute Gasteiger partial charge is 0.464 e. The Morgan fingerprint density at radius 3 is 2.54 bits per heavy atom. The number of benzene rings is 2. The molecule has 0 radical (unpaired) electrons. The highest BCUT2D eigenvalue weighted by Gasteiger charge is 2.28. The average Bonchev–Trinajstić information content (AvgIpc) is 3.23. The summed E-state index contributed by atoms with van der Waals surface area (Å²) in [5.41, 5.74) is 2.25. The van der Waals surface area contributed by atoms with Gasteiger partial charge in [0.05, 0.1) is 17.6 Å². The molecule has 0 bridgehead atoms. The smallest absolute Gasteiger partial charge is 0.421 e. The Bertz CT molecular complexity index is 1420. The topological polar surface area (TPSA) is 96.5 Å². The summed E-state index contributed by atoms with van der Waals surface area (Å²) in [6, 6.07) is 15.6. The Hall–Kier alpha value is -4.21. The van der Waals surface area contributed by atoms with Gasteiger partial charge in [-0.3, -0.25) is 4.79 Å². The van der Waals surface area contributed by atoms with Crippen LogP contribution in [0.15, 0.2) is 65.6 Å². The third-order valence-corrected chi connectivity index (χ3v) is 6.52. The van der Waals surface area contributed by atoms with Crippen molar-refractivity contribution < 1.29 is 14.3 Å². The number of halogens is 1. The second-order valence-electron chi connectivity index (χ2n) is 8.64. The van der Waals surface area contributed by atoms with E-state index in [-0.39, 0.29) is 17.8 Å². The normalized spacial score (nSPS) is 14.4. The molecule has 0 atom stereocenters. The van der Waals surface area contributed by atoms with Crippen molar-refractivity contribution >= 4 is 29.0 Å². The zero-order valence-electron chi connectivity index (χ0n) is 19.2. The minimum atomic E-state index is -1.35. The fourth-order valence-electron chi connectivity index (χ4n) is 4.68. The molecule has 1 N–H and O–H groups in total. The number of piperidine rings is 1. The van der Waals surface area contributed by atoms with Crippen LogP contribution in [0.5, 0.6) is 0 Å². The quantitative estimate of drug-likeness (QED) is 0.472. The lowest BCUT2D eigenvalue weighted by Crippen LogP contribution is -2.46. The summed E-state index contributed by atoms with van der Waals surface area (Å²) in [6.45, 7) is 1.96. The van der Waals surface area contributed by atoms with Gasteiger partial charge in [-0.15, -0.1) is 0 Å². The molecule has 10 heteroatoms. The van der Waals surface area contributed by atoms with Crippen LogP contribution in [0.3, 0.4) is 0 Å². The van der Waals surface area contributed by atoms with Gasteiger partial charge in [-0.05, 0) is 42.7 Å². The Kier molecular flexibility index (Phi) is 5.94. The summed E-state index contributed by atoms with van der Waals surface area (Å²) < 4.78 is 16.2. The van der Waals surface area contributed by atoms with E-state index in [2.05, 4.69) is 14.5 Å². The Labute approximate surface area is 200 Å². The van der Waals surface area contributed by atoms with Crippen molar-refractivity contribution in [3.05, 3.63) is 82.5 Å². The van der Waals surface area contributed by atoms with Gasteiger partial charge in [0.1, 0.15) is 5.82 Å². The van der Waals surface area contributed by atoms with Crippen LogP contribution in [0.4, 0.5) is 21.1 Å². The van der Waals surface area contributed by atoms with E-state index in [1.54, 1.807) is 24.1 Å². The van der Waals surface area contributed by atoms with Crippen LogP contribution >= 0.6 is 0 Å². The highest BCUT2D eigenvalue weighted by molar-refractivity contribution is 5.79. The number of hydrogen-bond donors (Lipinski definition) is 1. The minimum Gasteiger partial charge on any atom is -0.464 e. The van der Waals surface area contributed by atoms with Crippen LogP contribution in [0.25, 0.3) is 11.0 Å². The van der Waals surface area contributed by atoms with E-state index in [1.807, 2.05) is 24.3 Å². The van der Waals surface area contributed by atoms with E-state index < -0.39 is 11.7 Å². The van der Waals surface area contributed by atoms with Gasteiger partial charge in [-0.1, -0.05) is 24.3 Å². The molecule has 4 aromatic rings. The predicted molar refractivity (Wildman–Crippen MR) is 131 cm³/mol. The molecular formula is C25H25FN6O3. The molecule has 9 nitrogen and oxygen atoms in total. The van der Waals surface area contributed by atoms with Crippen LogP contribution in [0.1, 0.15) is 18.4 Å². The third-order valence-electron chi connectivity index (χ3n) is 6.52. The first-order chi connectivity index (χ1) is 16.9. The predicted octanol–water partition coefficient (Wildman–Crippen LogP) is 3.41. The third kappa shape index (κ3) is 4.34. The van der Waals surface area contributed by atoms with Crippen LogP contribution in [0.2, 0.25) is 0 Å². The number of carbonyl (C=O) groups is 1. The Morgan fingerprint density at radius 1 is 1.11 bits per heavy atom. The fourth-order valence-corrected chi connectivity index (χ4v) is 4.68. The van der Waals surface area contributed by atoms with Gasteiger partial charge < -0.3 is 19.5 Å². The lowest BCUT2D eigenvalue weighted by molar-refractivity contribution is 0.195. The van der Waals surface area contributed by atoms with E-state index in [0.717, 1.165) is 41.5 Å². The number of aromatic nitrogens is 4. The van der Waals surface area contributed by atoms with Crippen LogP contribution in [-0.4, -0.2) is 56.5 Å². The first-order valence-corrected chi connectivity index (χ1v) is 11.4. The highest BCUT2D eigenvalue weighted by Crippen LogP contribution is 2.28. The molecule has 0 amide bonds. The minimum absolute atomic E-state index is 0.0149. The van der Waals surface area contributed by atoms with Gasteiger partial charge in [0.25, 0.3) is 5.56 Å². The standard InChI is InChI=1S/C25H25FN6O3/c1-29(23-27-13-10-22(33)32(23)25(34)35)19-11-14-30(15-12-19)24-28-20-4-2-3-5-21(20)31(24)16-17-6-8-18(26)9-7-17/h2-10,13,19H,11-12,14-16H2,1H3,(H,34,35). The highest BCUT2D eigenvalue weighted by atomic mass is 19.1. The van der Waals surface area contributed by atoms with Gasteiger partial charge in [-0.25, -0.2) is 19.2 Å². The molecule has 1 saturated heterocycles. The number of imidazole rings is 1. The number of rotatable bonds is 5. The van der Waals surface area contributed by atoms with E-state index in [9.17, 15) is 19.1 Å². The van der Waals surface area contributed by atoms with Crippen LogP contribution in [-0.2, 0) is 6.54 Å². The monoisotopic (exact) mass is 476 g/mol. The van der Waals surface area contributed by atoms with Crippen molar-refractivity contribution in [3.63, 3.8) is 0 Å². The molecule has 0 saturated carbocycles. The molecule has 0 spiro atoms. The van der Waals surface area contributed by atoms with Gasteiger partial charge in [-0.2, -0.15) is 4.57 Å². The fraction of sp³-hybridized carbons (Fsp3) is 0.280. The molecule has 35 heavy (non-hydrogen) atoms. The number of hydrogen-bond acceptors (Lipinski definition) is 6. The van der Waals surface area contributed by atoms with Gasteiger partial charge in [0, 0.05) is 38.4 Å². The Balaban J connectivity index is 1.39. The molecule has 180 valence electrons. The number of anilines is 2. The summed E-state index contributed by atoms with van der Waals surface area (Å²) in [4.78, 5) is 36.7. The first kappa shape index (κ1) is 22.6. The molecular weight excluding hydrogens is 451 g/mol. The molecule has 2 aromatic carbocycles. The zero-order valence-corrected chi connectivity index (χ0v) is 19.2. The number of nitrogens with zero attached hydrogens (tertiary/aromatic N) is 6. The van der Waals surface area contributed by atoms with E-state index in [0.29, 0.717) is 24.2 Å². The lowest BCUT2D eigenvalue weighted by Gasteiger charge is -2.37. The molecule has 1 aliphatic rings. The Morgan fingerprint density at radius 2 is 1.83 bits per heavy atom. The van der Waals surface area contributed by atoms with Crippen molar-refractivity contribution in [3.8, 4) is 0 Å². The van der Waals surface area contributed by atoms with Gasteiger partial charge >= 0.3 is 6.09 Å². The lowest BCUT2D eigenvalue weighted by atomic mass is 10.0.